The molecule has 0 unspecified atom stereocenters. The van der Waals surface area contributed by atoms with Gasteiger partial charge in [0, 0.05) is 32.4 Å². The highest BCUT2D eigenvalue weighted by atomic mass is 35.5. The van der Waals surface area contributed by atoms with Crippen molar-refractivity contribution >= 4 is 47.0 Å². The molecule has 1 aliphatic rings. The Bertz CT molecular complexity index is 775. The van der Waals surface area contributed by atoms with Crippen LogP contribution < -0.4 is 10.2 Å². The van der Waals surface area contributed by atoms with E-state index in [9.17, 15) is 9.59 Å². The van der Waals surface area contributed by atoms with E-state index in [2.05, 4.69) is 15.2 Å². The van der Waals surface area contributed by atoms with E-state index in [0.29, 0.717) is 34.4 Å². The quantitative estimate of drug-likeness (QED) is 0.830. The summed E-state index contributed by atoms with van der Waals surface area (Å²) in [5.41, 5.74) is 0.875. The fourth-order valence-corrected chi connectivity index (χ4v) is 2.91. The van der Waals surface area contributed by atoms with E-state index in [4.69, 9.17) is 23.2 Å². The lowest BCUT2D eigenvalue weighted by molar-refractivity contribution is -0.118. The molecular weight excluding hydrogens is 363 g/mol. The molecule has 0 radical (unpaired) electrons. The summed E-state index contributed by atoms with van der Waals surface area (Å²) >= 11 is 12.0. The van der Waals surface area contributed by atoms with Gasteiger partial charge in [0.15, 0.2) is 0 Å². The monoisotopic (exact) mass is 378 g/mol. The molecule has 6 nitrogen and oxygen atoms in total. The van der Waals surface area contributed by atoms with Gasteiger partial charge in [-0.2, -0.15) is 0 Å². The number of pyridine rings is 1. The second-order valence-electron chi connectivity index (χ2n) is 5.59. The molecule has 1 aromatic carbocycles. The number of hydrogen-bond donors (Lipinski definition) is 1. The average molecular weight is 379 g/mol. The molecule has 2 heterocycles. The Morgan fingerprint density at radius 1 is 1.12 bits per heavy atom. The van der Waals surface area contributed by atoms with Crippen molar-refractivity contribution < 1.29 is 9.59 Å². The van der Waals surface area contributed by atoms with Gasteiger partial charge in [-0.15, -0.1) is 0 Å². The summed E-state index contributed by atoms with van der Waals surface area (Å²) in [5, 5.41) is 3.40. The van der Waals surface area contributed by atoms with Crippen LogP contribution in [0, 0.1) is 0 Å². The Balaban J connectivity index is 1.67. The second kappa shape index (κ2) is 7.72. The normalized spacial score (nSPS) is 14.3. The predicted molar refractivity (Wildman–Crippen MR) is 98.5 cm³/mol. The first kappa shape index (κ1) is 17.5. The predicted octanol–water partition coefficient (Wildman–Crippen LogP) is 2.92. The van der Waals surface area contributed by atoms with E-state index in [-0.39, 0.29) is 5.91 Å². The van der Waals surface area contributed by atoms with E-state index in [1.807, 2.05) is 0 Å². The number of carbonyl (C=O) groups is 2. The van der Waals surface area contributed by atoms with Gasteiger partial charge in [0.05, 0.1) is 21.3 Å². The van der Waals surface area contributed by atoms with Gasteiger partial charge in [0.25, 0.3) is 5.91 Å². The van der Waals surface area contributed by atoms with Crippen LogP contribution in [-0.4, -0.2) is 48.4 Å². The van der Waals surface area contributed by atoms with Gasteiger partial charge in [-0.05, 0) is 24.3 Å². The lowest BCUT2D eigenvalue weighted by atomic mass is 10.2. The van der Waals surface area contributed by atoms with E-state index in [1.165, 1.54) is 6.20 Å². The van der Waals surface area contributed by atoms with Crippen LogP contribution in [0.3, 0.4) is 0 Å². The maximum Gasteiger partial charge on any atom is 0.257 e. The van der Waals surface area contributed by atoms with E-state index >= 15 is 0 Å². The zero-order chi connectivity index (χ0) is 17.8. The Morgan fingerprint density at radius 3 is 2.52 bits per heavy atom. The first-order chi connectivity index (χ1) is 12.1. The van der Waals surface area contributed by atoms with Crippen LogP contribution in [0.4, 0.5) is 11.5 Å². The molecule has 1 saturated heterocycles. The second-order valence-corrected chi connectivity index (χ2v) is 6.37. The molecular formula is C17H16Cl2N4O2. The lowest BCUT2D eigenvalue weighted by Crippen LogP contribution is -2.46. The van der Waals surface area contributed by atoms with Gasteiger partial charge in [-0.1, -0.05) is 29.3 Å². The number of carbonyl (C=O) groups excluding carboxylic acids is 2. The highest BCUT2D eigenvalue weighted by Crippen LogP contribution is 2.29. The Kier molecular flexibility index (Phi) is 5.40. The maximum absolute atomic E-state index is 12.3. The molecule has 0 saturated carbocycles. The number of benzene rings is 1. The van der Waals surface area contributed by atoms with Crippen LogP contribution in [0.2, 0.25) is 10.0 Å². The van der Waals surface area contributed by atoms with Crippen LogP contribution in [0.15, 0.2) is 36.5 Å². The first-order valence-corrected chi connectivity index (χ1v) is 8.50. The molecule has 1 aliphatic heterocycles. The first-order valence-electron chi connectivity index (χ1n) is 7.74. The summed E-state index contributed by atoms with van der Waals surface area (Å²) in [6.45, 7) is 2.77. The molecule has 0 spiro atoms. The number of aromatic nitrogens is 1. The van der Waals surface area contributed by atoms with Gasteiger partial charge in [0.1, 0.15) is 5.82 Å². The van der Waals surface area contributed by atoms with Crippen LogP contribution in [0.1, 0.15) is 10.4 Å². The summed E-state index contributed by atoms with van der Waals surface area (Å²) in [6.07, 6.45) is 2.38. The molecule has 0 atom stereocenters. The lowest BCUT2D eigenvalue weighted by Gasteiger charge is -2.33. The summed E-state index contributed by atoms with van der Waals surface area (Å²) in [7, 11) is 0. The molecule has 25 heavy (non-hydrogen) atoms. The van der Waals surface area contributed by atoms with Crippen LogP contribution >= 0.6 is 23.2 Å². The molecule has 1 aromatic heterocycles. The molecule has 130 valence electrons. The van der Waals surface area contributed by atoms with Gasteiger partial charge in [0.2, 0.25) is 6.41 Å². The third-order valence-corrected chi connectivity index (χ3v) is 4.82. The van der Waals surface area contributed by atoms with Gasteiger partial charge >= 0.3 is 0 Å². The minimum absolute atomic E-state index is 0.301. The van der Waals surface area contributed by atoms with Crippen molar-refractivity contribution in [1.82, 2.24) is 9.88 Å². The Hall–Kier alpha value is -2.31. The number of piperazine rings is 1. The summed E-state index contributed by atoms with van der Waals surface area (Å²) in [4.78, 5) is 31.2. The summed E-state index contributed by atoms with van der Waals surface area (Å²) in [6, 6.07) is 8.55. The number of anilines is 2. The van der Waals surface area contributed by atoms with Crippen molar-refractivity contribution in [2.75, 3.05) is 36.4 Å². The van der Waals surface area contributed by atoms with Crippen molar-refractivity contribution in [3.05, 3.63) is 52.1 Å². The highest BCUT2D eigenvalue weighted by molar-refractivity contribution is 6.44. The third-order valence-electron chi connectivity index (χ3n) is 4.00. The molecule has 2 amide bonds. The maximum atomic E-state index is 12.3. The number of nitrogens with one attached hydrogen (secondary N) is 1. The fourth-order valence-electron chi connectivity index (χ4n) is 2.56. The van der Waals surface area contributed by atoms with Crippen molar-refractivity contribution in [2.24, 2.45) is 0 Å². The number of halogens is 2. The number of amides is 2. The van der Waals surface area contributed by atoms with Crippen LogP contribution in [0.25, 0.3) is 0 Å². The SMILES string of the molecule is O=CN1CCN(c2ccc(C(=O)Nc3cccc(Cl)c3Cl)cn2)CC1. The van der Waals surface area contributed by atoms with Gasteiger partial charge in [-0.3, -0.25) is 9.59 Å². The molecule has 0 aliphatic carbocycles. The molecule has 8 heteroatoms. The van der Waals surface area contributed by atoms with Gasteiger partial charge < -0.3 is 15.1 Å². The minimum Gasteiger partial charge on any atom is -0.353 e. The third kappa shape index (κ3) is 4.03. The molecule has 2 aromatic rings. The zero-order valence-electron chi connectivity index (χ0n) is 13.3. The Morgan fingerprint density at radius 2 is 1.88 bits per heavy atom. The fraction of sp³-hybridized carbons (Fsp3) is 0.235. The Labute approximate surface area is 155 Å². The van der Waals surface area contributed by atoms with Gasteiger partial charge in [-0.25, -0.2) is 4.98 Å². The molecule has 1 N–H and O–H groups in total. The minimum atomic E-state index is -0.311. The van der Waals surface area contributed by atoms with E-state index < -0.39 is 0 Å². The molecule has 3 rings (SSSR count). The number of nitrogens with zero attached hydrogens (tertiary/aromatic N) is 3. The number of hydrogen-bond acceptors (Lipinski definition) is 4. The number of rotatable bonds is 4. The standard InChI is InChI=1S/C17H16Cl2N4O2/c18-13-2-1-3-14(16(13)19)21-17(25)12-4-5-15(20-10-12)23-8-6-22(11-24)7-9-23/h1-5,10-11H,6-9H2,(H,21,25). The largest absolute Gasteiger partial charge is 0.353 e. The van der Waals surface area contributed by atoms with E-state index in [1.54, 1.807) is 35.2 Å². The van der Waals surface area contributed by atoms with Crippen molar-refractivity contribution in [2.45, 2.75) is 0 Å². The van der Waals surface area contributed by atoms with Crippen molar-refractivity contribution in [1.29, 1.82) is 0 Å². The summed E-state index contributed by atoms with van der Waals surface area (Å²) in [5.74, 6) is 0.469. The zero-order valence-corrected chi connectivity index (χ0v) is 14.8. The molecule has 0 bridgehead atoms. The average Bonchev–Trinajstić information content (AvgIpc) is 2.65. The van der Waals surface area contributed by atoms with Crippen LogP contribution in [-0.2, 0) is 4.79 Å². The molecule has 1 fully saturated rings. The van der Waals surface area contributed by atoms with Crippen molar-refractivity contribution in [3.8, 4) is 0 Å². The smallest absolute Gasteiger partial charge is 0.257 e. The van der Waals surface area contributed by atoms with Crippen LogP contribution in [0.5, 0.6) is 0 Å². The van der Waals surface area contributed by atoms with E-state index in [0.717, 1.165) is 25.3 Å². The van der Waals surface area contributed by atoms with Crippen molar-refractivity contribution in [3.63, 3.8) is 0 Å². The topological polar surface area (TPSA) is 65.5 Å². The highest BCUT2D eigenvalue weighted by Gasteiger charge is 2.17. The summed E-state index contributed by atoms with van der Waals surface area (Å²) < 4.78 is 0.